The molecular weight excluding hydrogens is 318 g/mol. The molecule has 0 aliphatic heterocycles. The number of rotatable bonds is 10. The summed E-state index contributed by atoms with van der Waals surface area (Å²) in [5, 5.41) is 5.82. The Morgan fingerprint density at radius 2 is 1.96 bits per heavy atom. The molecule has 0 aliphatic rings. The third-order valence-corrected chi connectivity index (χ3v) is 4.42. The third kappa shape index (κ3) is 6.38. The quantitative estimate of drug-likeness (QED) is 0.564. The SMILES string of the molecule is CCOc1ccccc1C(=O)NCCCC(=O)NC(C)(CN)C(C)C. The lowest BCUT2D eigenvalue weighted by Crippen LogP contribution is -2.55. The Balaban J connectivity index is 2.43. The van der Waals surface area contributed by atoms with Gasteiger partial charge in [-0.05, 0) is 38.3 Å². The van der Waals surface area contributed by atoms with Gasteiger partial charge in [-0.25, -0.2) is 0 Å². The molecule has 1 rings (SSSR count). The fourth-order valence-corrected chi connectivity index (χ4v) is 2.29. The minimum atomic E-state index is -0.406. The average molecular weight is 349 g/mol. The molecule has 0 saturated carbocycles. The van der Waals surface area contributed by atoms with Crippen LogP contribution in [0.3, 0.4) is 0 Å². The zero-order valence-corrected chi connectivity index (χ0v) is 15.7. The van der Waals surface area contributed by atoms with Crippen molar-refractivity contribution in [2.24, 2.45) is 11.7 Å². The van der Waals surface area contributed by atoms with E-state index in [9.17, 15) is 9.59 Å². The van der Waals surface area contributed by atoms with Gasteiger partial charge < -0.3 is 21.1 Å². The number of carbonyl (C=O) groups excluding carboxylic acids is 2. The molecule has 4 N–H and O–H groups in total. The molecule has 1 atom stereocenters. The van der Waals surface area contributed by atoms with Gasteiger partial charge in [0.05, 0.1) is 17.7 Å². The summed E-state index contributed by atoms with van der Waals surface area (Å²) < 4.78 is 5.46. The Hall–Kier alpha value is -2.08. The normalized spacial score (nSPS) is 13.2. The average Bonchev–Trinajstić information content (AvgIpc) is 2.59. The lowest BCUT2D eigenvalue weighted by atomic mass is 9.88. The fourth-order valence-electron chi connectivity index (χ4n) is 2.29. The maximum absolute atomic E-state index is 12.2. The summed E-state index contributed by atoms with van der Waals surface area (Å²) in [7, 11) is 0. The second kappa shape index (κ2) is 10.0. The van der Waals surface area contributed by atoms with Gasteiger partial charge in [-0.3, -0.25) is 9.59 Å². The van der Waals surface area contributed by atoms with Gasteiger partial charge in [0.1, 0.15) is 5.75 Å². The van der Waals surface area contributed by atoms with Crippen molar-refractivity contribution in [1.29, 1.82) is 0 Å². The molecule has 140 valence electrons. The van der Waals surface area contributed by atoms with E-state index < -0.39 is 5.54 Å². The van der Waals surface area contributed by atoms with Crippen molar-refractivity contribution in [3.05, 3.63) is 29.8 Å². The van der Waals surface area contributed by atoms with E-state index in [0.29, 0.717) is 43.9 Å². The maximum Gasteiger partial charge on any atom is 0.255 e. The van der Waals surface area contributed by atoms with Crippen LogP contribution in [0, 0.1) is 5.92 Å². The summed E-state index contributed by atoms with van der Waals surface area (Å²) >= 11 is 0. The molecule has 0 aliphatic carbocycles. The minimum absolute atomic E-state index is 0.0504. The van der Waals surface area contributed by atoms with E-state index in [4.69, 9.17) is 10.5 Å². The molecule has 1 unspecified atom stereocenters. The Bertz CT molecular complexity index is 575. The first-order chi connectivity index (χ1) is 11.8. The number of amides is 2. The Morgan fingerprint density at radius 3 is 2.56 bits per heavy atom. The smallest absolute Gasteiger partial charge is 0.255 e. The van der Waals surface area contributed by atoms with Crippen LogP contribution in [-0.4, -0.2) is 37.0 Å². The third-order valence-electron chi connectivity index (χ3n) is 4.42. The van der Waals surface area contributed by atoms with Gasteiger partial charge in [0.2, 0.25) is 5.91 Å². The van der Waals surface area contributed by atoms with Crippen molar-refractivity contribution in [1.82, 2.24) is 10.6 Å². The highest BCUT2D eigenvalue weighted by atomic mass is 16.5. The number of carbonyl (C=O) groups is 2. The van der Waals surface area contributed by atoms with E-state index >= 15 is 0 Å². The number of hydrogen-bond donors (Lipinski definition) is 3. The van der Waals surface area contributed by atoms with Crippen LogP contribution in [0.15, 0.2) is 24.3 Å². The molecule has 6 heteroatoms. The fraction of sp³-hybridized carbons (Fsp3) is 0.579. The number of hydrogen-bond acceptors (Lipinski definition) is 4. The summed E-state index contributed by atoms with van der Waals surface area (Å²) in [5.41, 5.74) is 5.87. The molecule has 0 radical (unpaired) electrons. The largest absolute Gasteiger partial charge is 0.493 e. The molecule has 6 nitrogen and oxygen atoms in total. The van der Waals surface area contributed by atoms with Gasteiger partial charge in [-0.15, -0.1) is 0 Å². The van der Waals surface area contributed by atoms with Crippen molar-refractivity contribution >= 4 is 11.8 Å². The van der Waals surface area contributed by atoms with Crippen LogP contribution < -0.4 is 21.1 Å². The van der Waals surface area contributed by atoms with E-state index in [1.807, 2.05) is 33.8 Å². The van der Waals surface area contributed by atoms with Crippen LogP contribution in [0.25, 0.3) is 0 Å². The van der Waals surface area contributed by atoms with Crippen LogP contribution in [0.4, 0.5) is 0 Å². The van der Waals surface area contributed by atoms with Gasteiger partial charge in [-0.1, -0.05) is 26.0 Å². The standard InChI is InChI=1S/C19H31N3O3/c1-5-25-16-10-7-6-9-15(16)18(24)21-12-8-11-17(23)22-19(4,13-20)14(2)3/h6-7,9-10,14H,5,8,11-13,20H2,1-4H3,(H,21,24)(H,22,23). The number of nitrogens with one attached hydrogen (secondary N) is 2. The van der Waals surface area contributed by atoms with Crippen molar-refractivity contribution < 1.29 is 14.3 Å². The lowest BCUT2D eigenvalue weighted by molar-refractivity contribution is -0.123. The Morgan fingerprint density at radius 1 is 1.28 bits per heavy atom. The summed E-state index contributed by atoms with van der Waals surface area (Å²) in [6.07, 6.45) is 0.906. The first kappa shape index (κ1) is 21.0. The minimum Gasteiger partial charge on any atom is -0.493 e. The van der Waals surface area contributed by atoms with Crippen molar-refractivity contribution in [3.8, 4) is 5.75 Å². The Labute approximate surface area is 150 Å². The second-order valence-electron chi connectivity index (χ2n) is 6.61. The van der Waals surface area contributed by atoms with E-state index in [2.05, 4.69) is 10.6 Å². The number of benzene rings is 1. The van der Waals surface area contributed by atoms with E-state index in [-0.39, 0.29) is 17.7 Å². The highest BCUT2D eigenvalue weighted by Gasteiger charge is 2.28. The van der Waals surface area contributed by atoms with Gasteiger partial charge >= 0.3 is 0 Å². The topological polar surface area (TPSA) is 93.4 Å². The molecule has 0 heterocycles. The van der Waals surface area contributed by atoms with Crippen LogP contribution in [-0.2, 0) is 4.79 Å². The van der Waals surface area contributed by atoms with Crippen molar-refractivity contribution in [2.75, 3.05) is 19.7 Å². The molecule has 0 saturated heterocycles. The van der Waals surface area contributed by atoms with Gasteiger partial charge in [0.15, 0.2) is 0 Å². The van der Waals surface area contributed by atoms with E-state index in [1.165, 1.54) is 0 Å². The monoisotopic (exact) mass is 349 g/mol. The van der Waals surface area contributed by atoms with Crippen LogP contribution in [0.5, 0.6) is 5.75 Å². The predicted molar refractivity (Wildman–Crippen MR) is 99.6 cm³/mol. The van der Waals surface area contributed by atoms with Gasteiger partial charge in [-0.2, -0.15) is 0 Å². The molecule has 1 aromatic carbocycles. The second-order valence-corrected chi connectivity index (χ2v) is 6.61. The highest BCUT2D eigenvalue weighted by molar-refractivity contribution is 5.96. The summed E-state index contributed by atoms with van der Waals surface area (Å²) in [4.78, 5) is 24.3. The molecular formula is C19H31N3O3. The van der Waals surface area contributed by atoms with Crippen molar-refractivity contribution in [3.63, 3.8) is 0 Å². The molecule has 0 fully saturated rings. The summed E-state index contributed by atoms with van der Waals surface area (Å²) in [5.74, 6) is 0.566. The lowest BCUT2D eigenvalue weighted by Gasteiger charge is -2.33. The number of nitrogens with two attached hydrogens (primary N) is 1. The first-order valence-electron chi connectivity index (χ1n) is 8.85. The zero-order valence-electron chi connectivity index (χ0n) is 15.7. The van der Waals surface area contributed by atoms with Gasteiger partial charge in [0, 0.05) is 19.5 Å². The van der Waals surface area contributed by atoms with Crippen LogP contribution in [0.2, 0.25) is 0 Å². The predicted octanol–water partition coefficient (Wildman–Crippen LogP) is 2.08. The Kier molecular flexibility index (Phi) is 8.41. The van der Waals surface area contributed by atoms with Crippen LogP contribution in [0.1, 0.15) is 50.9 Å². The first-order valence-corrected chi connectivity index (χ1v) is 8.85. The molecule has 25 heavy (non-hydrogen) atoms. The molecule has 0 bridgehead atoms. The number of para-hydroxylation sites is 1. The van der Waals surface area contributed by atoms with E-state index in [0.717, 1.165) is 0 Å². The molecule has 1 aromatic rings. The summed E-state index contributed by atoms with van der Waals surface area (Å²) in [6, 6.07) is 7.12. The summed E-state index contributed by atoms with van der Waals surface area (Å²) in [6.45, 7) is 9.20. The molecule has 2 amide bonds. The van der Waals surface area contributed by atoms with Crippen molar-refractivity contribution in [2.45, 2.75) is 46.1 Å². The molecule has 0 spiro atoms. The van der Waals surface area contributed by atoms with Gasteiger partial charge in [0.25, 0.3) is 5.91 Å². The highest BCUT2D eigenvalue weighted by Crippen LogP contribution is 2.18. The zero-order chi connectivity index (χ0) is 18.9. The van der Waals surface area contributed by atoms with Crippen LogP contribution >= 0.6 is 0 Å². The maximum atomic E-state index is 12.2. The van der Waals surface area contributed by atoms with E-state index in [1.54, 1.807) is 18.2 Å². The molecule has 0 aromatic heterocycles. The number of ether oxygens (including phenoxy) is 1.